The minimum absolute atomic E-state index is 0.307. The normalized spacial score (nSPS) is 15.5. The monoisotopic (exact) mass is 408 g/mol. The quantitative estimate of drug-likeness (QED) is 0.492. The molecular weight excluding hydrogens is 372 g/mol. The summed E-state index contributed by atoms with van der Waals surface area (Å²) in [5, 5.41) is 6.94. The summed E-state index contributed by atoms with van der Waals surface area (Å²) in [5.41, 5.74) is 2.48. The fraction of sp³-hybridized carbons (Fsp3) is 0.500. The second-order valence-electron chi connectivity index (χ2n) is 7.67. The molecule has 0 spiro atoms. The third-order valence-corrected chi connectivity index (χ3v) is 5.82. The maximum absolute atomic E-state index is 4.64. The molecule has 6 heteroatoms. The van der Waals surface area contributed by atoms with Crippen LogP contribution in [0, 0.1) is 0 Å². The van der Waals surface area contributed by atoms with Crippen molar-refractivity contribution in [3.63, 3.8) is 0 Å². The highest BCUT2D eigenvalue weighted by Crippen LogP contribution is 2.20. The van der Waals surface area contributed by atoms with Gasteiger partial charge in [0.25, 0.3) is 0 Å². The maximum atomic E-state index is 4.64. The summed E-state index contributed by atoms with van der Waals surface area (Å²) in [7, 11) is 1.82. The number of anilines is 1. The van der Waals surface area contributed by atoms with Crippen molar-refractivity contribution in [3.8, 4) is 0 Å². The molecule has 1 saturated heterocycles. The summed E-state index contributed by atoms with van der Waals surface area (Å²) >= 11 is 0. The fourth-order valence-corrected chi connectivity index (χ4v) is 4.05. The molecule has 30 heavy (non-hydrogen) atoms. The Morgan fingerprint density at radius 3 is 2.40 bits per heavy atom. The molecule has 1 fully saturated rings. The number of hydrogen-bond acceptors (Lipinski definition) is 4. The lowest BCUT2D eigenvalue weighted by atomic mass is 10.1. The predicted octanol–water partition coefficient (Wildman–Crippen LogP) is 3.43. The van der Waals surface area contributed by atoms with Gasteiger partial charge in [0.1, 0.15) is 5.82 Å². The van der Waals surface area contributed by atoms with Gasteiger partial charge in [0.05, 0.1) is 6.04 Å². The first-order valence-electron chi connectivity index (χ1n) is 11.2. The minimum atomic E-state index is 0.307. The highest BCUT2D eigenvalue weighted by atomic mass is 15.2. The molecule has 1 unspecified atom stereocenters. The molecule has 1 aliphatic heterocycles. The number of benzene rings is 1. The van der Waals surface area contributed by atoms with Gasteiger partial charge in [-0.25, -0.2) is 4.98 Å². The van der Waals surface area contributed by atoms with Crippen molar-refractivity contribution in [2.24, 2.45) is 4.99 Å². The standard InChI is InChI=1S/C24H36N6/c1-4-29(5-2)22(21-11-7-6-8-12-21)19-28-24(25-3)27-18-20-13-14-23(26-17-20)30-15-9-10-16-30/h6-8,11-14,17,22H,4-5,9-10,15-16,18-19H2,1-3H3,(H2,25,27,28). The van der Waals surface area contributed by atoms with E-state index >= 15 is 0 Å². The lowest BCUT2D eigenvalue weighted by Gasteiger charge is -2.30. The molecule has 0 aliphatic carbocycles. The Balaban J connectivity index is 1.55. The lowest BCUT2D eigenvalue weighted by Crippen LogP contribution is -2.43. The second-order valence-corrected chi connectivity index (χ2v) is 7.67. The van der Waals surface area contributed by atoms with Crippen molar-refractivity contribution in [1.29, 1.82) is 0 Å². The molecule has 1 aliphatic rings. The van der Waals surface area contributed by atoms with Crippen molar-refractivity contribution in [2.45, 2.75) is 39.3 Å². The Bertz CT molecular complexity index is 764. The molecule has 1 atom stereocenters. The average molecular weight is 409 g/mol. The highest BCUT2D eigenvalue weighted by Gasteiger charge is 2.18. The summed E-state index contributed by atoms with van der Waals surface area (Å²) in [6.45, 7) is 10.2. The van der Waals surface area contributed by atoms with Crippen molar-refractivity contribution >= 4 is 11.8 Å². The number of hydrogen-bond donors (Lipinski definition) is 2. The average Bonchev–Trinajstić information content (AvgIpc) is 3.34. The van der Waals surface area contributed by atoms with E-state index in [0.717, 1.165) is 50.1 Å². The van der Waals surface area contributed by atoms with E-state index in [9.17, 15) is 0 Å². The molecule has 0 radical (unpaired) electrons. The molecule has 2 heterocycles. The van der Waals surface area contributed by atoms with E-state index in [4.69, 9.17) is 0 Å². The number of aliphatic imine (C=N–C) groups is 1. The van der Waals surface area contributed by atoms with Gasteiger partial charge in [0.2, 0.25) is 0 Å². The van der Waals surface area contributed by atoms with Gasteiger partial charge in [-0.1, -0.05) is 50.2 Å². The summed E-state index contributed by atoms with van der Waals surface area (Å²) in [4.78, 5) is 13.9. The van der Waals surface area contributed by atoms with E-state index < -0.39 is 0 Å². The Labute approximate surface area is 181 Å². The topological polar surface area (TPSA) is 55.8 Å². The number of guanidine groups is 1. The van der Waals surface area contributed by atoms with Gasteiger partial charge in [-0.15, -0.1) is 0 Å². The smallest absolute Gasteiger partial charge is 0.191 e. The summed E-state index contributed by atoms with van der Waals surface area (Å²) in [5.74, 6) is 1.90. The number of aromatic nitrogens is 1. The predicted molar refractivity (Wildman–Crippen MR) is 126 cm³/mol. The number of likely N-dealkylation sites (N-methyl/N-ethyl adjacent to an activating group) is 1. The first-order valence-corrected chi connectivity index (χ1v) is 11.2. The molecule has 0 amide bonds. The molecule has 1 aromatic heterocycles. The SMILES string of the molecule is CCN(CC)C(CNC(=NC)NCc1ccc(N2CCCC2)nc1)c1ccccc1. The Kier molecular flexibility index (Phi) is 8.51. The van der Waals surface area contributed by atoms with E-state index in [1.165, 1.54) is 18.4 Å². The van der Waals surface area contributed by atoms with Crippen LogP contribution in [-0.4, -0.2) is 55.6 Å². The van der Waals surface area contributed by atoms with Gasteiger partial charge >= 0.3 is 0 Å². The molecule has 0 saturated carbocycles. The minimum Gasteiger partial charge on any atom is -0.357 e. The first-order chi connectivity index (χ1) is 14.7. The maximum Gasteiger partial charge on any atom is 0.191 e. The number of rotatable bonds is 9. The third-order valence-electron chi connectivity index (χ3n) is 5.82. The molecule has 2 aromatic rings. The van der Waals surface area contributed by atoms with Gasteiger partial charge in [-0.3, -0.25) is 9.89 Å². The fourth-order valence-electron chi connectivity index (χ4n) is 4.05. The van der Waals surface area contributed by atoms with Crippen LogP contribution in [0.15, 0.2) is 53.7 Å². The van der Waals surface area contributed by atoms with Crippen molar-refractivity contribution < 1.29 is 0 Å². The van der Waals surface area contributed by atoms with Crippen LogP contribution >= 0.6 is 0 Å². The van der Waals surface area contributed by atoms with E-state index in [0.29, 0.717) is 12.6 Å². The molecule has 162 valence electrons. The van der Waals surface area contributed by atoms with Crippen LogP contribution in [0.2, 0.25) is 0 Å². The van der Waals surface area contributed by atoms with E-state index in [1.807, 2.05) is 13.2 Å². The van der Waals surface area contributed by atoms with Gasteiger partial charge < -0.3 is 15.5 Å². The molecule has 2 N–H and O–H groups in total. The van der Waals surface area contributed by atoms with Crippen LogP contribution in [0.5, 0.6) is 0 Å². The van der Waals surface area contributed by atoms with Crippen LogP contribution in [0.3, 0.4) is 0 Å². The van der Waals surface area contributed by atoms with Gasteiger partial charge in [-0.05, 0) is 43.1 Å². The zero-order valence-corrected chi connectivity index (χ0v) is 18.6. The summed E-state index contributed by atoms with van der Waals surface area (Å²) in [6, 6.07) is 15.3. The van der Waals surface area contributed by atoms with E-state index in [1.54, 1.807) is 0 Å². The van der Waals surface area contributed by atoms with Crippen LogP contribution in [-0.2, 0) is 6.54 Å². The van der Waals surface area contributed by atoms with Crippen LogP contribution in [0.1, 0.15) is 43.9 Å². The van der Waals surface area contributed by atoms with Crippen molar-refractivity contribution in [1.82, 2.24) is 20.5 Å². The van der Waals surface area contributed by atoms with Gasteiger partial charge in [-0.2, -0.15) is 0 Å². The third kappa shape index (κ3) is 5.95. The molecular formula is C24H36N6. The van der Waals surface area contributed by atoms with Crippen molar-refractivity contribution in [3.05, 3.63) is 59.8 Å². The number of nitrogens with zero attached hydrogens (tertiary/aromatic N) is 4. The van der Waals surface area contributed by atoms with Crippen LogP contribution in [0.25, 0.3) is 0 Å². The van der Waals surface area contributed by atoms with E-state index in [-0.39, 0.29) is 0 Å². The molecule has 1 aromatic carbocycles. The zero-order chi connectivity index (χ0) is 21.2. The van der Waals surface area contributed by atoms with Crippen LogP contribution in [0.4, 0.5) is 5.82 Å². The second kappa shape index (κ2) is 11.6. The molecule has 0 bridgehead atoms. The molecule has 6 nitrogen and oxygen atoms in total. The summed E-state index contributed by atoms with van der Waals surface area (Å²) < 4.78 is 0. The Hall–Kier alpha value is -2.60. The lowest BCUT2D eigenvalue weighted by molar-refractivity contribution is 0.219. The number of pyridine rings is 1. The van der Waals surface area contributed by atoms with Crippen molar-refractivity contribution in [2.75, 3.05) is 44.7 Å². The zero-order valence-electron chi connectivity index (χ0n) is 18.6. The summed E-state index contributed by atoms with van der Waals surface area (Å²) in [6.07, 6.45) is 4.51. The largest absolute Gasteiger partial charge is 0.357 e. The van der Waals surface area contributed by atoms with Gasteiger partial charge in [0.15, 0.2) is 5.96 Å². The Morgan fingerprint density at radius 2 is 1.80 bits per heavy atom. The first kappa shape index (κ1) is 22.1. The Morgan fingerprint density at radius 1 is 1.07 bits per heavy atom. The van der Waals surface area contributed by atoms with E-state index in [2.05, 4.69) is 86.7 Å². The highest BCUT2D eigenvalue weighted by molar-refractivity contribution is 5.79. The molecule has 3 rings (SSSR count). The number of nitrogens with one attached hydrogen (secondary N) is 2. The van der Waals surface area contributed by atoms with Crippen LogP contribution < -0.4 is 15.5 Å². The van der Waals surface area contributed by atoms with Gasteiger partial charge in [0, 0.05) is 39.4 Å².